The zero-order valence-electron chi connectivity index (χ0n) is 16.7. The minimum absolute atomic E-state index is 0.306. The normalized spacial score (nSPS) is 11.0. The molecule has 2 aromatic rings. The minimum atomic E-state index is -1.18. The molecule has 2 rings (SSSR count). The lowest BCUT2D eigenvalue weighted by molar-refractivity contribution is -0.138. The number of methoxy groups -OCH3 is 1. The summed E-state index contributed by atoms with van der Waals surface area (Å²) in [7, 11) is 1.62. The lowest BCUT2D eigenvalue weighted by Crippen LogP contribution is -2.45. The second-order valence-corrected chi connectivity index (χ2v) is 7.27. The maximum Gasteiger partial charge on any atom is 0.239 e. The van der Waals surface area contributed by atoms with Crippen LogP contribution in [0.4, 0.5) is 5.69 Å². The molecule has 0 heterocycles. The van der Waals surface area contributed by atoms with Crippen molar-refractivity contribution in [2.45, 2.75) is 34.1 Å². The van der Waals surface area contributed by atoms with E-state index in [1.165, 1.54) is 0 Å². The molecular formula is C22H28N2O3. The molecule has 0 atom stereocenters. The first-order chi connectivity index (χ1) is 12.7. The van der Waals surface area contributed by atoms with Crippen LogP contribution in [0.3, 0.4) is 0 Å². The van der Waals surface area contributed by atoms with Gasteiger partial charge >= 0.3 is 0 Å². The molecule has 5 nitrogen and oxygen atoms in total. The van der Waals surface area contributed by atoms with Gasteiger partial charge in [-0.15, -0.1) is 0 Å². The number of aryl methyl sites for hydroxylation is 2. The van der Waals surface area contributed by atoms with Crippen molar-refractivity contribution >= 4 is 17.5 Å². The van der Waals surface area contributed by atoms with E-state index in [0.29, 0.717) is 18.7 Å². The van der Waals surface area contributed by atoms with Gasteiger partial charge in [0.05, 0.1) is 7.11 Å². The number of carbonyl (C=O) groups excluding carboxylic acids is 2. The van der Waals surface area contributed by atoms with Crippen LogP contribution in [0.1, 0.15) is 30.5 Å². The van der Waals surface area contributed by atoms with Gasteiger partial charge < -0.3 is 15.4 Å². The fourth-order valence-corrected chi connectivity index (χ4v) is 2.88. The highest BCUT2D eigenvalue weighted by atomic mass is 16.5. The van der Waals surface area contributed by atoms with Crippen LogP contribution in [0.2, 0.25) is 0 Å². The second-order valence-electron chi connectivity index (χ2n) is 7.27. The Hall–Kier alpha value is -2.82. The van der Waals surface area contributed by atoms with E-state index in [9.17, 15) is 9.59 Å². The van der Waals surface area contributed by atoms with Crippen molar-refractivity contribution in [1.29, 1.82) is 0 Å². The van der Waals surface area contributed by atoms with E-state index >= 15 is 0 Å². The van der Waals surface area contributed by atoms with E-state index in [1.807, 2.05) is 56.3 Å². The summed E-state index contributed by atoms with van der Waals surface area (Å²) in [6.45, 7) is 7.63. The first-order valence-electron chi connectivity index (χ1n) is 9.04. The third-order valence-corrected chi connectivity index (χ3v) is 4.49. The highest BCUT2D eigenvalue weighted by molar-refractivity contribution is 6.09. The predicted octanol–water partition coefficient (Wildman–Crippen LogP) is 3.64. The van der Waals surface area contributed by atoms with Gasteiger partial charge in [-0.25, -0.2) is 0 Å². The third-order valence-electron chi connectivity index (χ3n) is 4.49. The predicted molar refractivity (Wildman–Crippen MR) is 108 cm³/mol. The van der Waals surface area contributed by atoms with Gasteiger partial charge in [-0.05, 0) is 69.0 Å². The molecule has 0 aliphatic carbocycles. The molecule has 144 valence electrons. The minimum Gasteiger partial charge on any atom is -0.496 e. The SMILES string of the molecule is COc1ccccc1CCNC(=O)C(C)(C)C(=O)Nc1cc(C)cc(C)c1. The van der Waals surface area contributed by atoms with Crippen molar-refractivity contribution in [2.75, 3.05) is 19.0 Å². The standard InChI is InChI=1S/C22H28N2O3/c1-15-12-16(2)14-18(13-15)24-21(26)22(3,4)20(25)23-11-10-17-8-6-7-9-19(17)27-5/h6-9,12-14H,10-11H2,1-5H3,(H,23,25)(H,24,26). The third kappa shape index (κ3) is 5.33. The molecule has 0 aliphatic rings. The van der Waals surface area contributed by atoms with Crippen LogP contribution in [0, 0.1) is 19.3 Å². The van der Waals surface area contributed by atoms with Gasteiger partial charge in [0.1, 0.15) is 11.2 Å². The summed E-state index contributed by atoms with van der Waals surface area (Å²) in [5.74, 6) is 0.153. The van der Waals surface area contributed by atoms with E-state index in [-0.39, 0.29) is 11.8 Å². The number of hydrogen-bond acceptors (Lipinski definition) is 3. The lowest BCUT2D eigenvalue weighted by atomic mass is 9.90. The van der Waals surface area contributed by atoms with Crippen LogP contribution in [-0.4, -0.2) is 25.5 Å². The van der Waals surface area contributed by atoms with Gasteiger partial charge in [0.15, 0.2) is 0 Å². The van der Waals surface area contributed by atoms with Crippen molar-refractivity contribution in [3.05, 3.63) is 59.2 Å². The number of nitrogens with one attached hydrogen (secondary N) is 2. The number of benzene rings is 2. The van der Waals surface area contributed by atoms with Gasteiger partial charge in [0.25, 0.3) is 0 Å². The molecular weight excluding hydrogens is 340 g/mol. The van der Waals surface area contributed by atoms with Crippen LogP contribution in [-0.2, 0) is 16.0 Å². The topological polar surface area (TPSA) is 67.4 Å². The monoisotopic (exact) mass is 368 g/mol. The largest absolute Gasteiger partial charge is 0.496 e. The van der Waals surface area contributed by atoms with Crippen molar-refractivity contribution in [3.8, 4) is 5.75 Å². The number of para-hydroxylation sites is 1. The van der Waals surface area contributed by atoms with Crippen molar-refractivity contribution in [3.63, 3.8) is 0 Å². The van der Waals surface area contributed by atoms with Crippen molar-refractivity contribution < 1.29 is 14.3 Å². The number of rotatable bonds is 7. The smallest absolute Gasteiger partial charge is 0.239 e. The summed E-state index contributed by atoms with van der Waals surface area (Å²) in [5, 5.41) is 5.71. The van der Waals surface area contributed by atoms with Crippen molar-refractivity contribution in [2.24, 2.45) is 5.41 Å². The molecule has 27 heavy (non-hydrogen) atoms. The zero-order chi connectivity index (χ0) is 20.0. The fraction of sp³-hybridized carbons (Fsp3) is 0.364. The van der Waals surface area contributed by atoms with Gasteiger partial charge in [-0.1, -0.05) is 24.3 Å². The fourth-order valence-electron chi connectivity index (χ4n) is 2.88. The molecule has 0 aromatic heterocycles. The average molecular weight is 368 g/mol. The van der Waals surface area contributed by atoms with Gasteiger partial charge in [-0.2, -0.15) is 0 Å². The molecule has 0 bridgehead atoms. The molecule has 0 spiro atoms. The first kappa shape index (κ1) is 20.5. The van der Waals surface area contributed by atoms with Crippen LogP contribution in [0.25, 0.3) is 0 Å². The molecule has 2 N–H and O–H groups in total. The van der Waals surface area contributed by atoms with Crippen LogP contribution < -0.4 is 15.4 Å². The van der Waals surface area contributed by atoms with Crippen LogP contribution >= 0.6 is 0 Å². The molecule has 2 aromatic carbocycles. The van der Waals surface area contributed by atoms with E-state index in [2.05, 4.69) is 10.6 Å². The van der Waals surface area contributed by atoms with E-state index in [4.69, 9.17) is 4.74 Å². The Balaban J connectivity index is 1.96. The lowest BCUT2D eigenvalue weighted by Gasteiger charge is -2.23. The number of amides is 2. The highest BCUT2D eigenvalue weighted by Crippen LogP contribution is 2.21. The Morgan fingerprint density at radius 1 is 1.00 bits per heavy atom. The van der Waals surface area contributed by atoms with Crippen LogP contribution in [0.15, 0.2) is 42.5 Å². The van der Waals surface area contributed by atoms with Crippen LogP contribution in [0.5, 0.6) is 5.75 Å². The number of hydrogen-bond donors (Lipinski definition) is 2. The molecule has 0 fully saturated rings. The maximum absolute atomic E-state index is 12.6. The summed E-state index contributed by atoms with van der Waals surface area (Å²) in [6, 6.07) is 13.5. The molecule has 0 unspecified atom stereocenters. The van der Waals surface area contributed by atoms with Gasteiger partial charge in [0, 0.05) is 12.2 Å². The Kier molecular flexibility index (Phi) is 6.61. The van der Waals surface area contributed by atoms with E-state index < -0.39 is 5.41 Å². The Morgan fingerprint density at radius 2 is 1.63 bits per heavy atom. The average Bonchev–Trinajstić information content (AvgIpc) is 2.61. The van der Waals surface area contributed by atoms with Gasteiger partial charge in [-0.3, -0.25) is 9.59 Å². The summed E-state index contributed by atoms with van der Waals surface area (Å²) < 4.78 is 5.32. The first-order valence-corrected chi connectivity index (χ1v) is 9.04. The molecule has 0 saturated heterocycles. The molecule has 0 aliphatic heterocycles. The van der Waals surface area contributed by atoms with Crippen molar-refractivity contribution in [1.82, 2.24) is 5.32 Å². The molecule has 0 saturated carbocycles. The quantitative estimate of drug-likeness (QED) is 0.733. The van der Waals surface area contributed by atoms with E-state index in [0.717, 1.165) is 22.4 Å². The summed E-state index contributed by atoms with van der Waals surface area (Å²) in [6.07, 6.45) is 0.629. The number of carbonyl (C=O) groups is 2. The Bertz CT molecular complexity index is 808. The maximum atomic E-state index is 12.6. The summed E-state index contributed by atoms with van der Waals surface area (Å²) in [5.41, 5.74) is 2.65. The van der Waals surface area contributed by atoms with E-state index in [1.54, 1.807) is 21.0 Å². The Labute approximate surface area is 161 Å². The second kappa shape index (κ2) is 8.71. The molecule has 5 heteroatoms. The number of anilines is 1. The molecule has 2 amide bonds. The summed E-state index contributed by atoms with van der Waals surface area (Å²) in [4.78, 5) is 25.2. The molecule has 0 radical (unpaired) electrons. The Morgan fingerprint density at radius 3 is 2.26 bits per heavy atom. The summed E-state index contributed by atoms with van der Waals surface area (Å²) >= 11 is 0. The number of ether oxygens (including phenoxy) is 1. The highest BCUT2D eigenvalue weighted by Gasteiger charge is 2.35. The van der Waals surface area contributed by atoms with Gasteiger partial charge in [0.2, 0.25) is 11.8 Å². The zero-order valence-corrected chi connectivity index (χ0v) is 16.7.